The summed E-state index contributed by atoms with van der Waals surface area (Å²) in [7, 11) is 0. The predicted molar refractivity (Wildman–Crippen MR) is 114 cm³/mol. The van der Waals surface area contributed by atoms with Crippen LogP contribution < -0.4 is 15.6 Å². The second-order valence-electron chi connectivity index (χ2n) is 8.04. The second kappa shape index (κ2) is 8.68. The first-order valence-electron chi connectivity index (χ1n) is 10.4. The summed E-state index contributed by atoms with van der Waals surface area (Å²) in [5.41, 5.74) is 7.20. The number of fused-ring (bicyclic) bond motifs is 1. The van der Waals surface area contributed by atoms with Crippen LogP contribution in [0.5, 0.6) is 5.19 Å². The second-order valence-corrected chi connectivity index (χ2v) is 9.03. The number of hydrazine groups is 1. The first kappa shape index (κ1) is 21.2. The smallest absolute Gasteiger partial charge is 0.274 e. The van der Waals surface area contributed by atoms with Crippen LogP contribution in [0.25, 0.3) is 10.2 Å². The molecule has 2 N–H and O–H groups in total. The van der Waals surface area contributed by atoms with Crippen molar-refractivity contribution in [1.82, 2.24) is 20.7 Å². The number of hydrogen-bond acceptors (Lipinski definition) is 6. The van der Waals surface area contributed by atoms with E-state index < -0.39 is 11.6 Å². The number of hydrogen-bond donors (Lipinski definition) is 2. The molecule has 2 unspecified atom stereocenters. The Morgan fingerprint density at radius 2 is 1.81 bits per heavy atom. The van der Waals surface area contributed by atoms with Gasteiger partial charge in [0.2, 0.25) is 5.91 Å². The summed E-state index contributed by atoms with van der Waals surface area (Å²) in [6.07, 6.45) is 1.68. The largest absolute Gasteiger partial charge is 0.467 e. The number of thiazole rings is 1. The Kier molecular flexibility index (Phi) is 5.75. The molecule has 3 aromatic rings. The van der Waals surface area contributed by atoms with Gasteiger partial charge in [-0.3, -0.25) is 4.79 Å². The van der Waals surface area contributed by atoms with Gasteiger partial charge in [-0.1, -0.05) is 23.5 Å². The van der Waals surface area contributed by atoms with E-state index in [-0.39, 0.29) is 35.4 Å². The van der Waals surface area contributed by atoms with E-state index in [2.05, 4.69) is 15.8 Å². The highest BCUT2D eigenvalue weighted by Crippen LogP contribution is 2.32. The van der Waals surface area contributed by atoms with Crippen molar-refractivity contribution in [3.8, 4) is 5.19 Å². The summed E-state index contributed by atoms with van der Waals surface area (Å²) in [6, 6.07) is 7.88. The van der Waals surface area contributed by atoms with Crippen LogP contribution in [0.1, 0.15) is 30.9 Å². The van der Waals surface area contributed by atoms with Gasteiger partial charge in [-0.25, -0.2) is 24.0 Å². The van der Waals surface area contributed by atoms with Crippen molar-refractivity contribution in [3.05, 3.63) is 59.4 Å². The SMILES string of the molecule is O=C(C1CC(c2ccc(F)cc2)NN1)N1CCC(Oc2nc3c(F)cc(F)cc3s2)CC1. The Labute approximate surface area is 186 Å². The van der Waals surface area contributed by atoms with Crippen molar-refractivity contribution in [3.63, 3.8) is 0 Å². The Hall–Kier alpha value is -2.69. The zero-order valence-electron chi connectivity index (χ0n) is 17.0. The molecular weight excluding hydrogens is 441 g/mol. The molecule has 32 heavy (non-hydrogen) atoms. The van der Waals surface area contributed by atoms with Crippen molar-refractivity contribution < 1.29 is 22.7 Å². The summed E-state index contributed by atoms with van der Waals surface area (Å²) >= 11 is 1.11. The van der Waals surface area contributed by atoms with Crippen LogP contribution >= 0.6 is 11.3 Å². The van der Waals surface area contributed by atoms with Crippen LogP contribution in [0.3, 0.4) is 0 Å². The lowest BCUT2D eigenvalue weighted by molar-refractivity contribution is -0.135. The Bertz CT molecular complexity index is 1130. The van der Waals surface area contributed by atoms with E-state index in [1.165, 1.54) is 18.2 Å². The lowest BCUT2D eigenvalue weighted by Gasteiger charge is -2.33. The van der Waals surface area contributed by atoms with E-state index in [9.17, 15) is 18.0 Å². The summed E-state index contributed by atoms with van der Waals surface area (Å²) < 4.78 is 46.7. The first-order chi connectivity index (χ1) is 15.5. The Morgan fingerprint density at radius 3 is 2.56 bits per heavy atom. The first-order valence-corrected chi connectivity index (χ1v) is 11.3. The van der Waals surface area contributed by atoms with E-state index in [4.69, 9.17) is 4.74 Å². The van der Waals surface area contributed by atoms with Crippen LogP contribution in [0, 0.1) is 17.5 Å². The maximum atomic E-state index is 13.9. The fourth-order valence-corrected chi connectivity index (χ4v) is 5.10. The number of halogens is 3. The molecule has 2 fully saturated rings. The average Bonchev–Trinajstić information content (AvgIpc) is 3.42. The monoisotopic (exact) mass is 462 g/mol. The number of ether oxygens (including phenoxy) is 1. The number of carbonyl (C=O) groups is 1. The molecule has 6 nitrogen and oxygen atoms in total. The maximum absolute atomic E-state index is 13.9. The number of amides is 1. The molecule has 2 atom stereocenters. The molecule has 0 spiro atoms. The fourth-order valence-electron chi connectivity index (χ4n) is 4.18. The van der Waals surface area contributed by atoms with E-state index >= 15 is 0 Å². The Morgan fingerprint density at radius 1 is 1.06 bits per heavy atom. The summed E-state index contributed by atoms with van der Waals surface area (Å²) in [4.78, 5) is 18.9. The lowest BCUT2D eigenvalue weighted by atomic mass is 10.0. The number of nitrogens with zero attached hydrogens (tertiary/aromatic N) is 2. The zero-order valence-corrected chi connectivity index (χ0v) is 17.8. The number of piperidine rings is 1. The molecule has 168 valence electrons. The predicted octanol–water partition coefficient (Wildman–Crippen LogP) is 3.69. The standard InChI is InChI=1S/C22H21F3N4O2S/c23-13-3-1-12(2-4-13)17-11-18(28-27-17)21(30)29-7-5-15(6-8-29)31-22-26-20-16(25)9-14(24)10-19(20)32-22/h1-4,9-10,15,17-18,27-28H,5-8,11H2. The molecule has 1 amide bonds. The molecule has 0 radical (unpaired) electrons. The molecule has 1 aromatic heterocycles. The van der Waals surface area contributed by atoms with Gasteiger partial charge >= 0.3 is 0 Å². The summed E-state index contributed by atoms with van der Waals surface area (Å²) in [5.74, 6) is -1.63. The minimum absolute atomic E-state index is 0.0121. The van der Waals surface area contributed by atoms with Crippen LogP contribution in [-0.2, 0) is 4.79 Å². The lowest BCUT2D eigenvalue weighted by Crippen LogP contribution is -2.49. The molecule has 0 aliphatic carbocycles. The van der Waals surface area contributed by atoms with Crippen molar-refractivity contribution in [2.24, 2.45) is 0 Å². The third-order valence-electron chi connectivity index (χ3n) is 5.89. The summed E-state index contributed by atoms with van der Waals surface area (Å²) in [5, 5.41) is 0.304. The number of likely N-dealkylation sites (tertiary alicyclic amines) is 1. The van der Waals surface area contributed by atoms with E-state index in [1.54, 1.807) is 17.0 Å². The number of benzene rings is 2. The minimum atomic E-state index is -0.705. The van der Waals surface area contributed by atoms with Crippen LogP contribution in [0.15, 0.2) is 36.4 Å². The van der Waals surface area contributed by atoms with Gasteiger partial charge in [0.15, 0.2) is 5.82 Å². The van der Waals surface area contributed by atoms with Gasteiger partial charge in [-0.05, 0) is 30.2 Å². The van der Waals surface area contributed by atoms with Gasteiger partial charge in [0, 0.05) is 38.0 Å². The minimum Gasteiger partial charge on any atom is -0.467 e. The number of rotatable bonds is 4. The van der Waals surface area contributed by atoms with Crippen molar-refractivity contribution in [1.29, 1.82) is 0 Å². The molecule has 0 bridgehead atoms. The molecule has 5 rings (SSSR count). The van der Waals surface area contributed by atoms with Gasteiger partial charge in [-0.2, -0.15) is 4.98 Å². The number of carbonyl (C=O) groups excluding carboxylic acids is 1. The van der Waals surface area contributed by atoms with Gasteiger partial charge in [-0.15, -0.1) is 0 Å². The average molecular weight is 462 g/mol. The molecule has 2 saturated heterocycles. The number of nitrogens with one attached hydrogen (secondary N) is 2. The molecule has 0 saturated carbocycles. The molecule has 10 heteroatoms. The normalized spacial score (nSPS) is 21.9. The van der Waals surface area contributed by atoms with E-state index in [1.807, 2.05) is 0 Å². The Balaban J connectivity index is 1.15. The third kappa shape index (κ3) is 4.30. The highest BCUT2D eigenvalue weighted by atomic mass is 32.1. The van der Waals surface area contributed by atoms with Gasteiger partial charge in [0.05, 0.1) is 4.70 Å². The van der Waals surface area contributed by atoms with Crippen molar-refractivity contribution in [2.45, 2.75) is 37.5 Å². The molecule has 3 heterocycles. The van der Waals surface area contributed by atoms with Crippen LogP contribution in [-0.4, -0.2) is 41.0 Å². The van der Waals surface area contributed by atoms with E-state index in [0.29, 0.717) is 42.2 Å². The quantitative estimate of drug-likeness (QED) is 0.619. The third-order valence-corrected chi connectivity index (χ3v) is 6.78. The van der Waals surface area contributed by atoms with Gasteiger partial charge in [0.25, 0.3) is 5.19 Å². The zero-order chi connectivity index (χ0) is 22.2. The maximum Gasteiger partial charge on any atom is 0.274 e. The fraction of sp³-hybridized carbons (Fsp3) is 0.364. The topological polar surface area (TPSA) is 66.5 Å². The molecular formula is C22H21F3N4O2S. The molecule has 2 aliphatic rings. The molecule has 2 aliphatic heterocycles. The van der Waals surface area contributed by atoms with Gasteiger partial charge in [0.1, 0.15) is 29.3 Å². The van der Waals surface area contributed by atoms with Crippen molar-refractivity contribution >= 4 is 27.5 Å². The molecule has 2 aromatic carbocycles. The highest BCUT2D eigenvalue weighted by Gasteiger charge is 2.34. The number of aromatic nitrogens is 1. The van der Waals surface area contributed by atoms with Gasteiger partial charge < -0.3 is 9.64 Å². The highest BCUT2D eigenvalue weighted by molar-refractivity contribution is 7.20. The van der Waals surface area contributed by atoms with E-state index in [0.717, 1.165) is 23.0 Å². The van der Waals surface area contributed by atoms with Crippen LogP contribution in [0.4, 0.5) is 13.2 Å². The summed E-state index contributed by atoms with van der Waals surface area (Å²) in [6.45, 7) is 1.08. The van der Waals surface area contributed by atoms with Crippen molar-refractivity contribution in [2.75, 3.05) is 13.1 Å². The van der Waals surface area contributed by atoms with Crippen LogP contribution in [0.2, 0.25) is 0 Å².